The minimum Gasteiger partial charge on any atom is -0.324 e. The van der Waals surface area contributed by atoms with Crippen molar-refractivity contribution in [3.05, 3.63) is 40.0 Å². The molecule has 0 aliphatic carbocycles. The van der Waals surface area contributed by atoms with Crippen molar-refractivity contribution in [2.24, 2.45) is 5.84 Å². The van der Waals surface area contributed by atoms with E-state index < -0.39 is 0 Å². The van der Waals surface area contributed by atoms with E-state index in [-0.39, 0.29) is 0 Å². The highest BCUT2D eigenvalue weighted by Gasteiger charge is 1.99. The van der Waals surface area contributed by atoms with E-state index in [1.165, 1.54) is 0 Å². The zero-order valence-corrected chi connectivity index (χ0v) is 8.13. The first-order valence-electron chi connectivity index (χ1n) is 3.16. The molecule has 1 aromatic carbocycles. The molecular formula is C8H9IN2. The normalized spacial score (nSPS) is 9.27. The summed E-state index contributed by atoms with van der Waals surface area (Å²) in [6.07, 6.45) is 0. The quantitative estimate of drug-likeness (QED) is 0.482. The first-order chi connectivity index (χ1) is 5.25. The van der Waals surface area contributed by atoms with Gasteiger partial charge in [-0.2, -0.15) is 0 Å². The van der Waals surface area contributed by atoms with E-state index in [0.717, 1.165) is 14.8 Å². The van der Waals surface area contributed by atoms with Gasteiger partial charge in [0.2, 0.25) is 0 Å². The van der Waals surface area contributed by atoms with E-state index in [1.807, 2.05) is 24.3 Å². The van der Waals surface area contributed by atoms with Gasteiger partial charge in [-0.15, -0.1) is 0 Å². The van der Waals surface area contributed by atoms with Crippen molar-refractivity contribution in [3.8, 4) is 0 Å². The maximum atomic E-state index is 5.22. The van der Waals surface area contributed by atoms with Crippen LogP contribution in [0.25, 0.3) is 5.70 Å². The molecule has 0 heterocycles. The summed E-state index contributed by atoms with van der Waals surface area (Å²) in [6, 6.07) is 7.93. The van der Waals surface area contributed by atoms with Crippen LogP contribution >= 0.6 is 22.6 Å². The number of nitrogens with two attached hydrogens (primary N) is 1. The van der Waals surface area contributed by atoms with Crippen molar-refractivity contribution in [3.63, 3.8) is 0 Å². The van der Waals surface area contributed by atoms with Crippen LogP contribution in [-0.2, 0) is 0 Å². The van der Waals surface area contributed by atoms with Gasteiger partial charge in [-0.25, -0.2) is 0 Å². The van der Waals surface area contributed by atoms with Crippen molar-refractivity contribution >= 4 is 28.3 Å². The smallest absolute Gasteiger partial charge is 0.0496 e. The predicted octanol–water partition coefficient (Wildman–Crippen LogP) is 1.73. The number of rotatable bonds is 2. The SMILES string of the molecule is C=C(NN)c1ccccc1I. The Kier molecular flexibility index (Phi) is 2.90. The highest BCUT2D eigenvalue weighted by molar-refractivity contribution is 14.1. The molecule has 0 aromatic heterocycles. The van der Waals surface area contributed by atoms with Gasteiger partial charge in [0.15, 0.2) is 0 Å². The molecule has 0 saturated carbocycles. The fourth-order valence-electron chi connectivity index (χ4n) is 0.784. The first-order valence-corrected chi connectivity index (χ1v) is 4.24. The average Bonchev–Trinajstić information content (AvgIpc) is 2.04. The maximum Gasteiger partial charge on any atom is 0.0496 e. The predicted molar refractivity (Wildman–Crippen MR) is 55.5 cm³/mol. The molecule has 3 N–H and O–H groups in total. The molecule has 58 valence electrons. The summed E-state index contributed by atoms with van der Waals surface area (Å²) in [5.74, 6) is 5.22. The van der Waals surface area contributed by atoms with E-state index in [0.29, 0.717) is 0 Å². The molecule has 0 spiro atoms. The van der Waals surface area contributed by atoms with Crippen LogP contribution in [0.2, 0.25) is 0 Å². The lowest BCUT2D eigenvalue weighted by Gasteiger charge is -2.05. The molecule has 0 bridgehead atoms. The second-order valence-corrected chi connectivity index (χ2v) is 3.26. The Balaban J connectivity index is 3.03. The van der Waals surface area contributed by atoms with E-state index in [4.69, 9.17) is 5.84 Å². The van der Waals surface area contributed by atoms with Gasteiger partial charge in [-0.05, 0) is 28.7 Å². The van der Waals surface area contributed by atoms with Crippen molar-refractivity contribution in [2.45, 2.75) is 0 Å². The molecule has 1 aromatic rings. The molecule has 2 nitrogen and oxygen atoms in total. The van der Waals surface area contributed by atoms with Gasteiger partial charge in [-0.1, -0.05) is 24.8 Å². The van der Waals surface area contributed by atoms with Gasteiger partial charge in [0.05, 0.1) is 0 Å². The monoisotopic (exact) mass is 260 g/mol. The van der Waals surface area contributed by atoms with Crippen LogP contribution in [-0.4, -0.2) is 0 Å². The summed E-state index contributed by atoms with van der Waals surface area (Å²) >= 11 is 2.24. The molecule has 0 unspecified atom stereocenters. The van der Waals surface area contributed by atoms with Gasteiger partial charge in [0.1, 0.15) is 0 Å². The molecule has 3 heteroatoms. The zero-order chi connectivity index (χ0) is 8.27. The minimum absolute atomic E-state index is 0.745. The summed E-state index contributed by atoms with van der Waals surface area (Å²) in [6.45, 7) is 3.76. The molecule has 0 fully saturated rings. The van der Waals surface area contributed by atoms with Crippen LogP contribution in [0.4, 0.5) is 0 Å². The lowest BCUT2D eigenvalue weighted by molar-refractivity contribution is 0.994. The van der Waals surface area contributed by atoms with Gasteiger partial charge >= 0.3 is 0 Å². The lowest BCUT2D eigenvalue weighted by atomic mass is 10.2. The number of benzene rings is 1. The molecule has 1 rings (SSSR count). The third kappa shape index (κ3) is 1.94. The van der Waals surface area contributed by atoms with Crippen molar-refractivity contribution in [1.29, 1.82) is 0 Å². The standard InChI is InChI=1S/C8H9IN2/c1-6(11-10)7-4-2-3-5-8(7)9/h2-5,11H,1,10H2. The summed E-state index contributed by atoms with van der Waals surface area (Å²) in [5, 5.41) is 0. The van der Waals surface area contributed by atoms with E-state index >= 15 is 0 Å². The molecule has 0 radical (unpaired) electrons. The van der Waals surface area contributed by atoms with Crippen molar-refractivity contribution in [1.82, 2.24) is 5.43 Å². The van der Waals surface area contributed by atoms with Crippen LogP contribution < -0.4 is 11.3 Å². The largest absolute Gasteiger partial charge is 0.324 e. The summed E-state index contributed by atoms with van der Waals surface area (Å²) < 4.78 is 1.15. The lowest BCUT2D eigenvalue weighted by Crippen LogP contribution is -2.19. The van der Waals surface area contributed by atoms with Crippen LogP contribution in [0.1, 0.15) is 5.56 Å². The van der Waals surface area contributed by atoms with Crippen LogP contribution in [0.15, 0.2) is 30.8 Å². The third-order valence-corrected chi connectivity index (χ3v) is 2.31. The number of hydrazine groups is 1. The first kappa shape index (κ1) is 8.55. The second-order valence-electron chi connectivity index (χ2n) is 2.10. The third-order valence-electron chi connectivity index (χ3n) is 1.37. The Bertz CT molecular complexity index is 271. The number of hydrogen-bond acceptors (Lipinski definition) is 2. The summed E-state index contributed by atoms with van der Waals surface area (Å²) in [5.41, 5.74) is 4.32. The molecule has 0 atom stereocenters. The molecule has 0 aliphatic rings. The Morgan fingerprint density at radius 3 is 2.64 bits per heavy atom. The van der Waals surface area contributed by atoms with Crippen molar-refractivity contribution < 1.29 is 0 Å². The summed E-state index contributed by atoms with van der Waals surface area (Å²) in [7, 11) is 0. The molecule has 11 heavy (non-hydrogen) atoms. The van der Waals surface area contributed by atoms with Gasteiger partial charge in [0, 0.05) is 14.8 Å². The number of halogens is 1. The van der Waals surface area contributed by atoms with Crippen LogP contribution in [0.5, 0.6) is 0 Å². The van der Waals surface area contributed by atoms with Crippen LogP contribution in [0, 0.1) is 3.57 Å². The topological polar surface area (TPSA) is 38.0 Å². The number of hydrogen-bond donors (Lipinski definition) is 2. The van der Waals surface area contributed by atoms with E-state index in [1.54, 1.807) is 0 Å². The molecular weight excluding hydrogens is 251 g/mol. The van der Waals surface area contributed by atoms with E-state index in [9.17, 15) is 0 Å². The Labute approximate surface area is 79.6 Å². The van der Waals surface area contributed by atoms with Gasteiger partial charge in [-0.3, -0.25) is 5.84 Å². The van der Waals surface area contributed by atoms with Gasteiger partial charge in [0.25, 0.3) is 0 Å². The summed E-state index contributed by atoms with van der Waals surface area (Å²) in [4.78, 5) is 0. The zero-order valence-electron chi connectivity index (χ0n) is 5.97. The maximum absolute atomic E-state index is 5.22. The fourth-order valence-corrected chi connectivity index (χ4v) is 1.50. The van der Waals surface area contributed by atoms with E-state index in [2.05, 4.69) is 34.6 Å². The van der Waals surface area contributed by atoms with Gasteiger partial charge < -0.3 is 5.43 Å². The fraction of sp³-hybridized carbons (Fsp3) is 0. The highest BCUT2D eigenvalue weighted by Crippen LogP contribution is 2.16. The van der Waals surface area contributed by atoms with Crippen LogP contribution in [0.3, 0.4) is 0 Å². The highest BCUT2D eigenvalue weighted by atomic mass is 127. The minimum atomic E-state index is 0.745. The Hall–Kier alpha value is -0.550. The second kappa shape index (κ2) is 3.73. The molecule has 0 saturated heterocycles. The Morgan fingerprint density at radius 2 is 2.09 bits per heavy atom. The molecule has 0 amide bonds. The molecule has 0 aliphatic heterocycles. The average molecular weight is 260 g/mol. The Morgan fingerprint density at radius 1 is 1.45 bits per heavy atom. The number of nitrogens with one attached hydrogen (secondary N) is 1. The van der Waals surface area contributed by atoms with Crippen molar-refractivity contribution in [2.75, 3.05) is 0 Å².